The van der Waals surface area contributed by atoms with Crippen molar-refractivity contribution in [2.75, 3.05) is 9.80 Å². The van der Waals surface area contributed by atoms with E-state index >= 15 is 0 Å². The second-order valence-electron chi connectivity index (χ2n) is 37.4. The third kappa shape index (κ3) is 13.5. The van der Waals surface area contributed by atoms with Gasteiger partial charge in [0, 0.05) is 77.9 Å². The highest BCUT2D eigenvalue weighted by molar-refractivity contribution is 7.00. The van der Waals surface area contributed by atoms with E-state index in [1.54, 1.807) is 0 Å². The van der Waals surface area contributed by atoms with Crippen molar-refractivity contribution in [2.24, 2.45) is 0 Å². The van der Waals surface area contributed by atoms with Crippen LogP contribution in [-0.4, -0.2) is 15.8 Å². The molecule has 2 aliphatic heterocycles. The summed E-state index contributed by atoms with van der Waals surface area (Å²) in [7, 11) is 0. The Morgan fingerprint density at radius 1 is 0.254 bits per heavy atom. The van der Waals surface area contributed by atoms with Crippen LogP contribution in [0.2, 0.25) is 0 Å². The van der Waals surface area contributed by atoms with Crippen molar-refractivity contribution >= 4 is 101 Å². The first-order chi connectivity index (χ1) is 57.0. The highest BCUT2D eigenvalue weighted by Gasteiger charge is 2.46. The van der Waals surface area contributed by atoms with Gasteiger partial charge in [-0.05, 0) is 232 Å². The lowest BCUT2D eigenvalue weighted by Gasteiger charge is -2.46. The zero-order valence-electron chi connectivity index (χ0n) is 70.8. The quantitative estimate of drug-likeness (QED) is 0.0708. The van der Waals surface area contributed by atoms with Crippen molar-refractivity contribution in [1.29, 1.82) is 0 Å². The normalized spacial score (nSPS) is 12.9. The van der Waals surface area contributed by atoms with Crippen molar-refractivity contribution in [3.8, 4) is 78.1 Å². The summed E-state index contributed by atoms with van der Waals surface area (Å²) in [6, 6.07) is 127. The number of unbranched alkanes of at least 4 members (excludes halogenated alkanes) is 4. The van der Waals surface area contributed by atoms with Crippen LogP contribution in [0, 0.1) is 0 Å². The maximum absolute atomic E-state index is 2.78. The van der Waals surface area contributed by atoms with E-state index in [0.29, 0.717) is 0 Å². The van der Waals surface area contributed by atoms with Gasteiger partial charge < -0.3 is 18.9 Å². The third-order valence-corrected chi connectivity index (χ3v) is 25.4. The zero-order chi connectivity index (χ0) is 81.1. The summed E-state index contributed by atoms with van der Waals surface area (Å²) in [5.41, 5.74) is 37.8. The molecule has 0 atom stereocenters. The summed E-state index contributed by atoms with van der Waals surface area (Å²) in [5, 5.41) is 5.06. The molecule has 580 valence electrons. The molecule has 0 radical (unpaired) electrons. The molecule has 0 fully saturated rings. The van der Waals surface area contributed by atoms with Crippen LogP contribution in [-0.2, 0) is 28.1 Å². The van der Waals surface area contributed by atoms with Crippen LogP contribution < -0.4 is 26.2 Å². The first-order valence-corrected chi connectivity index (χ1v) is 43.0. The number of fused-ring (bicyclic) bond motifs is 10. The molecular weight excluding hydrogens is 1420 g/mol. The van der Waals surface area contributed by atoms with E-state index in [1.165, 1.54) is 130 Å². The molecule has 15 aromatic carbocycles. The predicted octanol–water partition coefficient (Wildman–Crippen LogP) is 29.7. The molecule has 0 unspecified atom stereocenters. The first-order valence-electron chi connectivity index (χ1n) is 43.0. The Labute approximate surface area is 698 Å². The largest absolute Gasteiger partial charge is 0.310 e. The molecule has 0 N–H and O–H groups in total. The number of benzene rings is 15. The summed E-state index contributed by atoms with van der Waals surface area (Å²) >= 11 is 0. The summed E-state index contributed by atoms with van der Waals surface area (Å²) in [5.74, 6) is 0. The Hall–Kier alpha value is -12.4. The summed E-state index contributed by atoms with van der Waals surface area (Å²) in [4.78, 5) is 5.55. The summed E-state index contributed by atoms with van der Waals surface area (Å²) in [6.07, 6.45) is 6.68. The number of rotatable bonds is 16. The van der Waals surface area contributed by atoms with Gasteiger partial charge in [-0.15, -0.1) is 0 Å². The van der Waals surface area contributed by atoms with Gasteiger partial charge in [-0.3, -0.25) is 0 Å². The molecule has 118 heavy (non-hydrogen) atoms. The maximum Gasteiger partial charge on any atom is 0.252 e. The van der Waals surface area contributed by atoms with E-state index in [-0.39, 0.29) is 28.4 Å². The topological polar surface area (TPSA) is 16.3 Å². The molecule has 0 saturated carbocycles. The number of aromatic nitrogens is 2. The number of hydrogen-bond acceptors (Lipinski definition) is 2. The molecule has 0 saturated heterocycles. The molecule has 0 bridgehead atoms. The Balaban J connectivity index is 0.992. The molecule has 5 heteroatoms. The first kappa shape index (κ1) is 75.6. The lowest BCUT2D eigenvalue weighted by Crippen LogP contribution is -2.61. The molecule has 4 nitrogen and oxygen atoms in total. The van der Waals surface area contributed by atoms with Crippen LogP contribution in [0.4, 0.5) is 34.1 Å². The predicted molar refractivity (Wildman–Crippen MR) is 509 cm³/mol. The third-order valence-electron chi connectivity index (χ3n) is 25.4. The van der Waals surface area contributed by atoms with Gasteiger partial charge in [-0.1, -0.05) is 334 Å². The standard InChI is InChI=1S/C113H105BN4/c1-14-15-16-17-24-37-74-62-105-107-106(63-74)118(109-91(79-46-33-22-34-47-79)66-82(76-40-27-19-28-41-76)67-92(109)80-48-35-23-36-49-80)104-73-88(116-101-60-52-85(112(8,9)10)70-95(101)96-71-86(113(11,12)13)53-61-102(96)116)55-57-98(104)114(107)97-56-54-87(115-99-58-50-83(110(2,3)4)68-93(99)94-69-84(111(5,6)7)51-59-100(94)115)72-103(97)117(105)108-89(77-42-29-20-30-43-77)64-81(75-38-25-18-26-39-75)65-90(108)78-44-31-21-32-45-78/h18-23,25-36,38-73H,14-17,24,37H2,1-13H3. The second kappa shape index (κ2) is 29.6. The van der Waals surface area contributed by atoms with Gasteiger partial charge in [0.05, 0.1) is 33.4 Å². The minimum Gasteiger partial charge on any atom is -0.310 e. The molecular formula is C113H105BN4. The van der Waals surface area contributed by atoms with Gasteiger partial charge in [0.15, 0.2) is 0 Å². The van der Waals surface area contributed by atoms with Gasteiger partial charge in [0.2, 0.25) is 0 Å². The number of nitrogens with zero attached hydrogens (tertiary/aromatic N) is 4. The molecule has 0 spiro atoms. The van der Waals surface area contributed by atoms with Crippen LogP contribution in [0.15, 0.2) is 328 Å². The molecule has 17 aromatic rings. The fourth-order valence-corrected chi connectivity index (χ4v) is 19.0. The highest BCUT2D eigenvalue weighted by atomic mass is 15.2. The number of aryl methyl sites for hydroxylation is 1. The fourth-order valence-electron chi connectivity index (χ4n) is 19.0. The number of anilines is 6. The van der Waals surface area contributed by atoms with Gasteiger partial charge in [0.25, 0.3) is 6.71 Å². The lowest BCUT2D eigenvalue weighted by molar-refractivity contribution is 0.590. The molecule has 2 aliphatic rings. The van der Waals surface area contributed by atoms with Crippen LogP contribution in [0.5, 0.6) is 0 Å². The van der Waals surface area contributed by atoms with E-state index in [1.807, 2.05) is 0 Å². The van der Waals surface area contributed by atoms with E-state index < -0.39 is 0 Å². The van der Waals surface area contributed by atoms with Gasteiger partial charge in [0.1, 0.15) is 0 Å². The summed E-state index contributed by atoms with van der Waals surface area (Å²) < 4.78 is 5.17. The molecule has 0 amide bonds. The van der Waals surface area contributed by atoms with Crippen molar-refractivity contribution in [1.82, 2.24) is 9.13 Å². The van der Waals surface area contributed by atoms with Crippen LogP contribution in [0.25, 0.3) is 122 Å². The Morgan fingerprint density at radius 3 is 0.831 bits per heavy atom. The monoisotopic (exact) mass is 1530 g/mol. The minimum absolute atomic E-state index is 0.0691. The average Bonchev–Trinajstić information content (AvgIpc) is 0.752. The minimum atomic E-state index is -0.263. The molecule has 2 aromatic heterocycles. The maximum atomic E-state index is 2.78. The van der Waals surface area contributed by atoms with E-state index in [0.717, 1.165) is 109 Å². The fraction of sp³-hybridized carbons (Fsp3) is 0.204. The lowest BCUT2D eigenvalue weighted by atomic mass is 9.33. The average molecular weight is 1530 g/mol. The Bertz CT molecular complexity index is 6040. The van der Waals surface area contributed by atoms with Crippen molar-refractivity contribution < 1.29 is 0 Å². The van der Waals surface area contributed by atoms with Crippen LogP contribution in [0.1, 0.15) is 150 Å². The number of hydrogen-bond donors (Lipinski definition) is 0. The Kier molecular flexibility index (Phi) is 19.0. The molecule has 4 heterocycles. The Morgan fingerprint density at radius 2 is 0.542 bits per heavy atom. The van der Waals surface area contributed by atoms with Crippen LogP contribution in [0.3, 0.4) is 0 Å². The van der Waals surface area contributed by atoms with E-state index in [4.69, 9.17) is 0 Å². The zero-order valence-corrected chi connectivity index (χ0v) is 70.8. The van der Waals surface area contributed by atoms with Gasteiger partial charge >= 0.3 is 0 Å². The van der Waals surface area contributed by atoms with Crippen molar-refractivity contribution in [3.63, 3.8) is 0 Å². The van der Waals surface area contributed by atoms with Crippen molar-refractivity contribution in [2.45, 2.75) is 150 Å². The molecule has 0 aliphatic carbocycles. The summed E-state index contributed by atoms with van der Waals surface area (Å²) in [6.45, 7) is 30.2. The van der Waals surface area contributed by atoms with Crippen LogP contribution >= 0.6 is 0 Å². The van der Waals surface area contributed by atoms with Crippen molar-refractivity contribution in [3.05, 3.63) is 355 Å². The van der Waals surface area contributed by atoms with E-state index in [9.17, 15) is 0 Å². The smallest absolute Gasteiger partial charge is 0.252 e. The van der Waals surface area contributed by atoms with E-state index in [2.05, 4.69) is 437 Å². The highest BCUT2D eigenvalue weighted by Crippen LogP contribution is 2.56. The van der Waals surface area contributed by atoms with Gasteiger partial charge in [-0.25, -0.2) is 0 Å². The SMILES string of the molecule is CCCCCCCc1cc2c3c(c1)N(c1c(-c4ccccc4)cc(-c4ccccc4)cc1-c1ccccc1)c1cc(-n4c5ccc(C(C)(C)C)cc5c5cc(C(C)(C)C)ccc54)ccc1B3c1ccc(-n3c4ccc(C(C)(C)C)cc4c4cc(C(C)(C)C)ccc43)cc1N2c1c(-c2ccccc2)cc(-c2ccccc2)cc1-c1ccccc1. The second-order valence-corrected chi connectivity index (χ2v) is 37.4. The molecule has 19 rings (SSSR count). The van der Waals surface area contributed by atoms with Gasteiger partial charge in [-0.2, -0.15) is 0 Å².